The molecule has 31 heavy (non-hydrogen) atoms. The van der Waals surface area contributed by atoms with Crippen LogP contribution in [0.4, 0.5) is 20.7 Å². The van der Waals surface area contributed by atoms with Crippen molar-refractivity contribution in [3.8, 4) is 11.3 Å². The molecule has 9 nitrogen and oxygen atoms in total. The number of anilines is 2. The van der Waals surface area contributed by atoms with Crippen LogP contribution >= 0.6 is 0 Å². The first-order chi connectivity index (χ1) is 15.1. The van der Waals surface area contributed by atoms with E-state index < -0.39 is 5.82 Å². The van der Waals surface area contributed by atoms with Crippen molar-refractivity contribution in [1.82, 2.24) is 24.5 Å². The zero-order chi connectivity index (χ0) is 21.4. The van der Waals surface area contributed by atoms with Crippen LogP contribution in [0.25, 0.3) is 17.0 Å². The van der Waals surface area contributed by atoms with Crippen LogP contribution in [0.15, 0.2) is 30.6 Å². The molecule has 2 amide bonds. The average molecular weight is 425 g/mol. The van der Waals surface area contributed by atoms with E-state index >= 15 is 0 Å². The number of fused-ring (bicyclic) bond motifs is 1. The summed E-state index contributed by atoms with van der Waals surface area (Å²) in [5.41, 5.74) is 1.21. The number of hydrogen-bond donors (Lipinski definition) is 1. The second-order valence-electron chi connectivity index (χ2n) is 7.93. The van der Waals surface area contributed by atoms with Gasteiger partial charge in [0.2, 0.25) is 0 Å². The number of hydrogen-bond acceptors (Lipinski definition) is 6. The summed E-state index contributed by atoms with van der Waals surface area (Å²) in [5, 5.41) is 7.44. The molecule has 2 fully saturated rings. The molecule has 2 saturated heterocycles. The number of imidazole rings is 1. The van der Waals surface area contributed by atoms with Gasteiger partial charge < -0.3 is 19.9 Å². The second kappa shape index (κ2) is 8.10. The van der Waals surface area contributed by atoms with Gasteiger partial charge in [0.25, 0.3) is 5.78 Å². The second-order valence-corrected chi connectivity index (χ2v) is 7.93. The number of amides is 2. The van der Waals surface area contributed by atoms with Gasteiger partial charge in [0.05, 0.1) is 30.8 Å². The maximum atomic E-state index is 14.6. The number of carbonyl (C=O) groups is 1. The maximum absolute atomic E-state index is 14.6. The minimum Gasteiger partial charge on any atom is -0.375 e. The predicted molar refractivity (Wildman–Crippen MR) is 114 cm³/mol. The number of benzene rings is 1. The molecule has 1 unspecified atom stereocenters. The number of halogens is 1. The number of morpholine rings is 1. The number of rotatable bonds is 3. The summed E-state index contributed by atoms with van der Waals surface area (Å²) in [6.07, 6.45) is 5.47. The first-order valence-corrected chi connectivity index (χ1v) is 10.5. The Morgan fingerprint density at radius 3 is 2.90 bits per heavy atom. The number of aromatic nitrogens is 4. The summed E-state index contributed by atoms with van der Waals surface area (Å²) >= 11 is 0. The van der Waals surface area contributed by atoms with Gasteiger partial charge in [0.1, 0.15) is 5.82 Å². The standard InChI is InChI=1S/C21H24FN7O2/c1-14-12-28(8-9-31-14)19-11-23-20-25-18(13-29(20)26-19)16-10-15(4-5-17(16)22)24-21(30)27-6-2-3-7-27/h4-5,10-11,13-14H,2-3,6-9,12H2,1H3,(H,24,30). The van der Waals surface area contributed by atoms with Gasteiger partial charge in [0, 0.05) is 37.4 Å². The fourth-order valence-corrected chi connectivity index (χ4v) is 4.00. The molecular weight excluding hydrogens is 401 g/mol. The Balaban J connectivity index is 1.41. The van der Waals surface area contributed by atoms with Crippen molar-refractivity contribution in [3.05, 3.63) is 36.4 Å². The molecule has 10 heteroatoms. The van der Waals surface area contributed by atoms with Gasteiger partial charge in [-0.2, -0.15) is 0 Å². The summed E-state index contributed by atoms with van der Waals surface area (Å²) in [6.45, 7) is 5.61. The van der Waals surface area contributed by atoms with E-state index in [1.165, 1.54) is 6.07 Å². The van der Waals surface area contributed by atoms with Crippen molar-refractivity contribution < 1.29 is 13.9 Å². The lowest BCUT2D eigenvalue weighted by Gasteiger charge is -2.31. The zero-order valence-corrected chi connectivity index (χ0v) is 17.3. The van der Waals surface area contributed by atoms with Gasteiger partial charge in [0.15, 0.2) is 5.82 Å². The normalized spacial score (nSPS) is 19.2. The van der Waals surface area contributed by atoms with Gasteiger partial charge >= 0.3 is 6.03 Å². The molecular formula is C21H24FN7O2. The highest BCUT2D eigenvalue weighted by Gasteiger charge is 2.21. The molecule has 162 valence electrons. The lowest BCUT2D eigenvalue weighted by atomic mass is 10.1. The Morgan fingerprint density at radius 1 is 1.26 bits per heavy atom. The van der Waals surface area contributed by atoms with E-state index in [9.17, 15) is 9.18 Å². The number of likely N-dealkylation sites (tertiary alicyclic amines) is 1. The maximum Gasteiger partial charge on any atom is 0.321 e. The number of urea groups is 1. The number of ether oxygens (including phenoxy) is 1. The molecule has 1 aromatic carbocycles. The van der Waals surface area contributed by atoms with E-state index in [0.29, 0.717) is 23.8 Å². The highest BCUT2D eigenvalue weighted by Crippen LogP contribution is 2.26. The van der Waals surface area contributed by atoms with E-state index in [-0.39, 0.29) is 17.7 Å². The van der Waals surface area contributed by atoms with Crippen LogP contribution in [-0.2, 0) is 4.74 Å². The van der Waals surface area contributed by atoms with Crippen molar-refractivity contribution in [3.63, 3.8) is 0 Å². The molecule has 5 rings (SSSR count). The van der Waals surface area contributed by atoms with E-state index in [2.05, 4.69) is 25.3 Å². The van der Waals surface area contributed by atoms with Crippen LogP contribution in [0.2, 0.25) is 0 Å². The quantitative estimate of drug-likeness (QED) is 0.694. The van der Waals surface area contributed by atoms with E-state index in [1.54, 1.807) is 33.9 Å². The van der Waals surface area contributed by atoms with Gasteiger partial charge in [-0.15, -0.1) is 5.10 Å². The van der Waals surface area contributed by atoms with Crippen molar-refractivity contribution in [2.24, 2.45) is 0 Å². The molecule has 4 heterocycles. The molecule has 0 saturated carbocycles. The largest absolute Gasteiger partial charge is 0.375 e. The van der Waals surface area contributed by atoms with Crippen LogP contribution in [0, 0.1) is 5.82 Å². The van der Waals surface area contributed by atoms with Gasteiger partial charge in [-0.05, 0) is 38.0 Å². The minimum atomic E-state index is -0.426. The summed E-state index contributed by atoms with van der Waals surface area (Å²) in [7, 11) is 0. The highest BCUT2D eigenvalue weighted by molar-refractivity contribution is 5.90. The third-order valence-corrected chi connectivity index (χ3v) is 5.63. The summed E-state index contributed by atoms with van der Waals surface area (Å²) < 4.78 is 21.7. The fourth-order valence-electron chi connectivity index (χ4n) is 4.00. The van der Waals surface area contributed by atoms with Crippen molar-refractivity contribution >= 4 is 23.3 Å². The van der Waals surface area contributed by atoms with Crippen molar-refractivity contribution in [2.75, 3.05) is 43.0 Å². The molecule has 2 aliphatic heterocycles. The first-order valence-electron chi connectivity index (χ1n) is 10.5. The highest BCUT2D eigenvalue weighted by atomic mass is 19.1. The van der Waals surface area contributed by atoms with Crippen LogP contribution < -0.4 is 10.2 Å². The van der Waals surface area contributed by atoms with Crippen LogP contribution in [0.1, 0.15) is 19.8 Å². The van der Waals surface area contributed by atoms with Crippen LogP contribution in [0.5, 0.6) is 0 Å². The van der Waals surface area contributed by atoms with Crippen molar-refractivity contribution in [1.29, 1.82) is 0 Å². The Bertz CT molecular complexity index is 1110. The number of nitrogens with one attached hydrogen (secondary N) is 1. The van der Waals surface area contributed by atoms with Crippen molar-refractivity contribution in [2.45, 2.75) is 25.9 Å². The molecule has 0 radical (unpaired) electrons. The third-order valence-electron chi connectivity index (χ3n) is 5.63. The van der Waals surface area contributed by atoms with E-state index in [4.69, 9.17) is 4.74 Å². The van der Waals surface area contributed by atoms with Crippen LogP contribution in [0.3, 0.4) is 0 Å². The molecule has 3 aromatic rings. The monoisotopic (exact) mass is 425 g/mol. The Labute approximate surface area is 178 Å². The Kier molecular flexibility index (Phi) is 5.14. The summed E-state index contributed by atoms with van der Waals surface area (Å²) in [6, 6.07) is 4.31. The van der Waals surface area contributed by atoms with E-state index in [0.717, 1.165) is 44.8 Å². The Hall–Kier alpha value is -3.27. The molecule has 2 aromatic heterocycles. The molecule has 0 aliphatic carbocycles. The molecule has 0 bridgehead atoms. The number of nitrogens with zero attached hydrogens (tertiary/aromatic N) is 6. The first kappa shape index (κ1) is 19.7. The summed E-state index contributed by atoms with van der Waals surface area (Å²) in [4.78, 5) is 25.0. The lowest BCUT2D eigenvalue weighted by Crippen LogP contribution is -2.41. The van der Waals surface area contributed by atoms with Gasteiger partial charge in [-0.1, -0.05) is 0 Å². The molecule has 1 atom stereocenters. The average Bonchev–Trinajstić information content (AvgIpc) is 3.44. The summed E-state index contributed by atoms with van der Waals surface area (Å²) in [5.74, 6) is 0.675. The van der Waals surface area contributed by atoms with Gasteiger partial charge in [-0.25, -0.2) is 23.7 Å². The zero-order valence-electron chi connectivity index (χ0n) is 17.3. The molecule has 1 N–H and O–H groups in total. The number of carbonyl (C=O) groups excluding carboxylic acids is 1. The third kappa shape index (κ3) is 4.02. The smallest absolute Gasteiger partial charge is 0.321 e. The predicted octanol–water partition coefficient (Wildman–Crippen LogP) is 2.78. The fraction of sp³-hybridized carbons (Fsp3) is 0.429. The van der Waals surface area contributed by atoms with Gasteiger partial charge in [-0.3, -0.25) is 0 Å². The SMILES string of the molecule is CC1CN(c2cnc3nc(-c4cc(NC(=O)N5CCCC5)ccc4F)cn3n2)CCO1. The molecule has 2 aliphatic rings. The topological polar surface area (TPSA) is 87.9 Å². The minimum absolute atomic E-state index is 0.122. The Morgan fingerprint density at radius 2 is 2.10 bits per heavy atom. The molecule has 0 spiro atoms. The lowest BCUT2D eigenvalue weighted by molar-refractivity contribution is 0.0528. The van der Waals surface area contributed by atoms with E-state index in [1.807, 2.05) is 6.92 Å². The van der Waals surface area contributed by atoms with Crippen LogP contribution in [-0.4, -0.2) is 69.4 Å².